The van der Waals surface area contributed by atoms with Crippen LogP contribution in [0.25, 0.3) is 0 Å². The molecule has 0 aliphatic heterocycles. The Kier molecular flexibility index (Phi) is 5.31. The van der Waals surface area contributed by atoms with E-state index in [1.54, 1.807) is 17.3 Å². The van der Waals surface area contributed by atoms with E-state index >= 15 is 0 Å². The summed E-state index contributed by atoms with van der Waals surface area (Å²) in [5.41, 5.74) is 3.26. The van der Waals surface area contributed by atoms with Crippen LogP contribution < -0.4 is 0 Å². The lowest BCUT2D eigenvalue weighted by molar-refractivity contribution is -0.132. The van der Waals surface area contributed by atoms with Crippen molar-refractivity contribution < 1.29 is 4.79 Å². The van der Waals surface area contributed by atoms with E-state index in [9.17, 15) is 4.79 Å². The molecule has 5 nitrogen and oxygen atoms in total. The number of carbonyl (C=O) groups is 1. The van der Waals surface area contributed by atoms with Gasteiger partial charge in [0.2, 0.25) is 5.91 Å². The van der Waals surface area contributed by atoms with E-state index in [2.05, 4.69) is 16.1 Å². The fraction of sp³-hybridized carbons (Fsp3) is 0.471. The van der Waals surface area contributed by atoms with Crippen LogP contribution in [-0.4, -0.2) is 32.6 Å². The zero-order valence-corrected chi connectivity index (χ0v) is 13.8. The van der Waals surface area contributed by atoms with Gasteiger partial charge in [-0.2, -0.15) is 5.10 Å². The van der Waals surface area contributed by atoms with Crippen molar-refractivity contribution in [3.63, 3.8) is 0 Å². The third-order valence-electron chi connectivity index (χ3n) is 4.03. The molecule has 2 rings (SSSR count). The van der Waals surface area contributed by atoms with Gasteiger partial charge in [0.25, 0.3) is 0 Å². The lowest BCUT2D eigenvalue weighted by atomic mass is 10.1. The molecule has 0 bridgehead atoms. The van der Waals surface area contributed by atoms with Crippen molar-refractivity contribution in [1.29, 1.82) is 0 Å². The van der Waals surface area contributed by atoms with Crippen LogP contribution in [0, 0.1) is 13.8 Å². The van der Waals surface area contributed by atoms with Gasteiger partial charge >= 0.3 is 0 Å². The minimum atomic E-state index is 0.0594. The average Bonchev–Trinajstić information content (AvgIpc) is 2.84. The van der Waals surface area contributed by atoms with Crippen molar-refractivity contribution in [2.24, 2.45) is 0 Å². The summed E-state index contributed by atoms with van der Waals surface area (Å²) >= 11 is 0. The first-order chi connectivity index (χ1) is 10.5. The maximum atomic E-state index is 12.3. The largest absolute Gasteiger partial charge is 0.339 e. The quantitative estimate of drug-likeness (QED) is 0.824. The van der Waals surface area contributed by atoms with Crippen molar-refractivity contribution >= 4 is 5.91 Å². The molecule has 0 aliphatic rings. The SMILES string of the molecule is Cc1cc(C)n(CCCC(=O)N(C)[C@H](C)c2ccncc2)n1. The number of hydrogen-bond acceptors (Lipinski definition) is 3. The molecule has 0 spiro atoms. The Labute approximate surface area is 132 Å². The summed E-state index contributed by atoms with van der Waals surface area (Å²) in [6, 6.07) is 6.01. The molecule has 0 radical (unpaired) electrons. The van der Waals surface area contributed by atoms with Crippen LogP contribution in [-0.2, 0) is 11.3 Å². The molecule has 0 N–H and O–H groups in total. The monoisotopic (exact) mass is 300 g/mol. The summed E-state index contributed by atoms with van der Waals surface area (Å²) in [6.07, 6.45) is 4.85. The van der Waals surface area contributed by atoms with Crippen molar-refractivity contribution in [3.05, 3.63) is 47.5 Å². The number of aryl methyl sites for hydroxylation is 3. The summed E-state index contributed by atoms with van der Waals surface area (Å²) in [5.74, 6) is 0.158. The molecular weight excluding hydrogens is 276 g/mol. The highest BCUT2D eigenvalue weighted by molar-refractivity contribution is 5.76. The number of rotatable bonds is 6. The van der Waals surface area contributed by atoms with E-state index in [1.807, 2.05) is 44.6 Å². The molecule has 22 heavy (non-hydrogen) atoms. The van der Waals surface area contributed by atoms with Crippen LogP contribution >= 0.6 is 0 Å². The van der Waals surface area contributed by atoms with E-state index in [1.165, 1.54) is 0 Å². The first-order valence-electron chi connectivity index (χ1n) is 7.65. The van der Waals surface area contributed by atoms with Gasteiger partial charge in [-0.05, 0) is 51.0 Å². The van der Waals surface area contributed by atoms with Crippen molar-refractivity contribution in [2.45, 2.75) is 46.2 Å². The molecule has 2 aromatic rings. The van der Waals surface area contributed by atoms with Gasteiger partial charge in [0, 0.05) is 38.1 Å². The number of pyridine rings is 1. The number of amides is 1. The summed E-state index contributed by atoms with van der Waals surface area (Å²) in [6.45, 7) is 6.84. The zero-order valence-electron chi connectivity index (χ0n) is 13.8. The van der Waals surface area contributed by atoms with Crippen LogP contribution in [0.2, 0.25) is 0 Å². The molecule has 118 valence electrons. The van der Waals surface area contributed by atoms with Crippen LogP contribution in [0.1, 0.15) is 42.8 Å². The van der Waals surface area contributed by atoms with Gasteiger partial charge in [0.15, 0.2) is 0 Å². The molecule has 0 unspecified atom stereocenters. The standard InChI is InChI=1S/C17H24N4O/c1-13-12-14(2)21(19-13)11-5-6-17(22)20(4)15(3)16-7-9-18-10-8-16/h7-10,12,15H,5-6,11H2,1-4H3/t15-/m1/s1. The molecule has 0 fully saturated rings. The Morgan fingerprint density at radius 1 is 1.32 bits per heavy atom. The smallest absolute Gasteiger partial charge is 0.222 e. The van der Waals surface area contributed by atoms with E-state index < -0.39 is 0 Å². The fourth-order valence-electron chi connectivity index (χ4n) is 2.54. The number of nitrogens with zero attached hydrogens (tertiary/aromatic N) is 4. The second kappa shape index (κ2) is 7.20. The van der Waals surface area contributed by atoms with E-state index in [0.717, 1.165) is 29.9 Å². The third-order valence-corrected chi connectivity index (χ3v) is 4.03. The maximum absolute atomic E-state index is 12.3. The predicted octanol–water partition coefficient (Wildman–Crippen LogP) is 2.89. The fourth-order valence-corrected chi connectivity index (χ4v) is 2.54. The highest BCUT2D eigenvalue weighted by atomic mass is 16.2. The zero-order chi connectivity index (χ0) is 16.1. The second-order valence-electron chi connectivity index (χ2n) is 5.71. The van der Waals surface area contributed by atoms with Crippen LogP contribution in [0.4, 0.5) is 0 Å². The summed E-state index contributed by atoms with van der Waals surface area (Å²) in [4.78, 5) is 18.1. The molecule has 2 aromatic heterocycles. The predicted molar refractivity (Wildman–Crippen MR) is 86.4 cm³/mol. The van der Waals surface area contributed by atoms with Gasteiger partial charge in [-0.25, -0.2) is 0 Å². The normalized spacial score (nSPS) is 12.2. The molecular formula is C17H24N4O. The maximum Gasteiger partial charge on any atom is 0.222 e. The summed E-state index contributed by atoms with van der Waals surface area (Å²) in [5, 5.41) is 4.42. The first kappa shape index (κ1) is 16.2. The highest BCUT2D eigenvalue weighted by Gasteiger charge is 2.17. The molecule has 2 heterocycles. The Morgan fingerprint density at radius 2 is 2.00 bits per heavy atom. The molecule has 0 aromatic carbocycles. The van der Waals surface area contributed by atoms with Crippen LogP contribution in [0.15, 0.2) is 30.6 Å². The van der Waals surface area contributed by atoms with Gasteiger partial charge in [0.1, 0.15) is 0 Å². The summed E-state index contributed by atoms with van der Waals surface area (Å²) < 4.78 is 1.97. The molecule has 5 heteroatoms. The third kappa shape index (κ3) is 3.93. The van der Waals surface area contributed by atoms with Crippen molar-refractivity contribution in [3.8, 4) is 0 Å². The van der Waals surface area contributed by atoms with Crippen molar-refractivity contribution in [2.75, 3.05) is 7.05 Å². The Hall–Kier alpha value is -2.17. The minimum absolute atomic E-state index is 0.0594. The Bertz CT molecular complexity index is 621. The van der Waals surface area contributed by atoms with Gasteiger partial charge in [-0.15, -0.1) is 0 Å². The second-order valence-corrected chi connectivity index (χ2v) is 5.71. The number of hydrogen-bond donors (Lipinski definition) is 0. The molecule has 0 saturated heterocycles. The van der Waals surface area contributed by atoms with E-state index in [-0.39, 0.29) is 11.9 Å². The Balaban J connectivity index is 1.85. The molecule has 0 aliphatic carbocycles. The molecule has 1 atom stereocenters. The number of carbonyl (C=O) groups excluding carboxylic acids is 1. The lowest BCUT2D eigenvalue weighted by Crippen LogP contribution is -2.29. The van der Waals surface area contributed by atoms with Gasteiger partial charge in [-0.1, -0.05) is 0 Å². The average molecular weight is 300 g/mol. The van der Waals surface area contributed by atoms with Gasteiger partial charge in [0.05, 0.1) is 11.7 Å². The van der Waals surface area contributed by atoms with E-state index in [4.69, 9.17) is 0 Å². The first-order valence-corrected chi connectivity index (χ1v) is 7.65. The Morgan fingerprint density at radius 3 is 2.59 bits per heavy atom. The lowest BCUT2D eigenvalue weighted by Gasteiger charge is -2.25. The molecule has 0 saturated carbocycles. The van der Waals surface area contributed by atoms with Crippen molar-refractivity contribution in [1.82, 2.24) is 19.7 Å². The molecule has 1 amide bonds. The van der Waals surface area contributed by atoms with Crippen LogP contribution in [0.5, 0.6) is 0 Å². The summed E-state index contributed by atoms with van der Waals surface area (Å²) in [7, 11) is 1.86. The number of aromatic nitrogens is 3. The van der Waals surface area contributed by atoms with Gasteiger partial charge in [-0.3, -0.25) is 14.5 Å². The van der Waals surface area contributed by atoms with Crippen LogP contribution in [0.3, 0.4) is 0 Å². The minimum Gasteiger partial charge on any atom is -0.339 e. The topological polar surface area (TPSA) is 51.0 Å². The van der Waals surface area contributed by atoms with E-state index in [0.29, 0.717) is 6.42 Å². The highest BCUT2D eigenvalue weighted by Crippen LogP contribution is 2.18. The van der Waals surface area contributed by atoms with Gasteiger partial charge < -0.3 is 4.90 Å².